The summed E-state index contributed by atoms with van der Waals surface area (Å²) in [6, 6.07) is 5.31. The summed E-state index contributed by atoms with van der Waals surface area (Å²) >= 11 is 0. The van der Waals surface area contributed by atoms with Crippen molar-refractivity contribution in [2.75, 3.05) is 31.1 Å². The van der Waals surface area contributed by atoms with Crippen LogP contribution in [0.5, 0.6) is 0 Å². The Morgan fingerprint density at radius 1 is 1.15 bits per heavy atom. The number of piperazine rings is 1. The van der Waals surface area contributed by atoms with Crippen LogP contribution in [-0.4, -0.2) is 52.9 Å². The summed E-state index contributed by atoms with van der Waals surface area (Å²) in [5, 5.41) is 2.77. The molecule has 2 aromatic heterocycles. The highest BCUT2D eigenvalue weighted by molar-refractivity contribution is 6.04. The monoisotopic (exact) mass is 357 g/mol. The molecule has 1 saturated heterocycles. The minimum atomic E-state index is -1.14. The predicted octanol–water partition coefficient (Wildman–Crippen LogP) is 1.06. The van der Waals surface area contributed by atoms with Crippen LogP contribution in [0.25, 0.3) is 0 Å². The van der Waals surface area contributed by atoms with Gasteiger partial charge in [0.15, 0.2) is 0 Å². The maximum Gasteiger partial charge on any atom is 0.237 e. The fourth-order valence-corrected chi connectivity index (χ4v) is 2.86. The van der Waals surface area contributed by atoms with Crippen molar-refractivity contribution in [3.05, 3.63) is 42.6 Å². The largest absolute Gasteiger partial charge is 0.467 e. The zero-order chi connectivity index (χ0) is 18.6. The smallest absolute Gasteiger partial charge is 0.237 e. The lowest BCUT2D eigenvalue weighted by Crippen LogP contribution is -2.55. The number of rotatable bonds is 5. The second kappa shape index (κ2) is 7.55. The third-order valence-corrected chi connectivity index (χ3v) is 4.51. The van der Waals surface area contributed by atoms with Crippen LogP contribution < -0.4 is 10.2 Å². The minimum Gasteiger partial charge on any atom is -0.467 e. The van der Waals surface area contributed by atoms with Crippen molar-refractivity contribution >= 4 is 17.8 Å². The predicted molar refractivity (Wildman–Crippen MR) is 95.2 cm³/mol. The van der Waals surface area contributed by atoms with Crippen molar-refractivity contribution in [3.8, 4) is 0 Å². The molecule has 0 radical (unpaired) electrons. The van der Waals surface area contributed by atoms with Gasteiger partial charge in [-0.25, -0.2) is 9.97 Å². The van der Waals surface area contributed by atoms with E-state index in [4.69, 9.17) is 4.42 Å². The normalized spacial score (nSPS) is 15.0. The Bertz CT molecular complexity index is 737. The number of furan rings is 1. The molecule has 1 N–H and O–H groups in total. The van der Waals surface area contributed by atoms with Gasteiger partial charge >= 0.3 is 0 Å². The van der Waals surface area contributed by atoms with Crippen LogP contribution in [0.15, 0.2) is 41.3 Å². The topological polar surface area (TPSA) is 91.6 Å². The van der Waals surface area contributed by atoms with Crippen molar-refractivity contribution in [1.82, 2.24) is 20.2 Å². The molecule has 1 aliphatic rings. The molecule has 3 heterocycles. The lowest BCUT2D eigenvalue weighted by molar-refractivity contribution is -0.148. The van der Waals surface area contributed by atoms with Crippen molar-refractivity contribution in [3.63, 3.8) is 0 Å². The van der Waals surface area contributed by atoms with Gasteiger partial charge in [-0.2, -0.15) is 0 Å². The molecular weight excluding hydrogens is 334 g/mol. The Morgan fingerprint density at radius 3 is 2.46 bits per heavy atom. The number of amides is 2. The highest BCUT2D eigenvalue weighted by atomic mass is 16.3. The molecule has 0 unspecified atom stereocenters. The molecule has 0 bridgehead atoms. The number of aromatic nitrogens is 2. The Balaban J connectivity index is 1.55. The van der Waals surface area contributed by atoms with Crippen LogP contribution in [0.1, 0.15) is 19.6 Å². The van der Waals surface area contributed by atoms with Gasteiger partial charge < -0.3 is 19.5 Å². The average Bonchev–Trinajstić information content (AvgIpc) is 3.20. The molecule has 2 aromatic rings. The first-order valence-corrected chi connectivity index (χ1v) is 8.60. The summed E-state index contributed by atoms with van der Waals surface area (Å²) in [7, 11) is 0. The van der Waals surface area contributed by atoms with Crippen molar-refractivity contribution in [1.29, 1.82) is 0 Å². The van der Waals surface area contributed by atoms with Crippen LogP contribution in [0.3, 0.4) is 0 Å². The zero-order valence-corrected chi connectivity index (χ0v) is 15.0. The molecule has 2 amide bonds. The number of nitrogens with zero attached hydrogens (tertiary/aromatic N) is 4. The Labute approximate surface area is 152 Å². The Morgan fingerprint density at radius 2 is 1.85 bits per heavy atom. The first-order chi connectivity index (χ1) is 12.5. The highest BCUT2D eigenvalue weighted by Crippen LogP contribution is 2.21. The van der Waals surface area contributed by atoms with Crippen molar-refractivity contribution < 1.29 is 14.0 Å². The average molecular weight is 357 g/mol. The molecule has 0 atom stereocenters. The van der Waals surface area contributed by atoms with E-state index in [1.165, 1.54) is 0 Å². The van der Waals surface area contributed by atoms with Gasteiger partial charge in [-0.15, -0.1) is 0 Å². The van der Waals surface area contributed by atoms with E-state index in [9.17, 15) is 9.59 Å². The summed E-state index contributed by atoms with van der Waals surface area (Å²) in [5.74, 6) is 0.823. The molecule has 26 heavy (non-hydrogen) atoms. The van der Waals surface area contributed by atoms with Gasteiger partial charge in [0.05, 0.1) is 12.8 Å². The first kappa shape index (κ1) is 17.9. The molecular formula is C18H23N5O3. The van der Waals surface area contributed by atoms with Gasteiger partial charge in [0.2, 0.25) is 17.8 Å². The molecule has 3 rings (SSSR count). The van der Waals surface area contributed by atoms with Crippen molar-refractivity contribution in [2.45, 2.75) is 20.4 Å². The maximum absolute atomic E-state index is 12.9. The molecule has 0 saturated carbocycles. The van der Waals surface area contributed by atoms with Gasteiger partial charge in [-0.3, -0.25) is 9.59 Å². The van der Waals surface area contributed by atoms with Crippen LogP contribution in [-0.2, 0) is 16.1 Å². The van der Waals surface area contributed by atoms with Crippen LogP contribution in [0.2, 0.25) is 0 Å². The van der Waals surface area contributed by atoms with Crippen molar-refractivity contribution in [2.24, 2.45) is 5.41 Å². The van der Waals surface area contributed by atoms with Gasteiger partial charge in [-0.05, 0) is 32.0 Å². The number of anilines is 1. The molecule has 0 aromatic carbocycles. The maximum atomic E-state index is 12.9. The third-order valence-electron chi connectivity index (χ3n) is 4.51. The molecule has 1 fully saturated rings. The Hall–Kier alpha value is -2.90. The van der Waals surface area contributed by atoms with Gasteiger partial charge in [0.1, 0.15) is 11.2 Å². The number of hydrogen-bond acceptors (Lipinski definition) is 6. The second-order valence-electron chi connectivity index (χ2n) is 6.72. The van der Waals surface area contributed by atoms with E-state index in [2.05, 4.69) is 15.3 Å². The number of carbonyl (C=O) groups excluding carboxylic acids is 2. The van der Waals surface area contributed by atoms with E-state index < -0.39 is 5.41 Å². The summed E-state index contributed by atoms with van der Waals surface area (Å²) in [5.41, 5.74) is -1.14. The molecule has 8 heteroatoms. The summed E-state index contributed by atoms with van der Waals surface area (Å²) in [6.07, 6.45) is 4.95. The van der Waals surface area contributed by atoms with Crippen LogP contribution in [0, 0.1) is 5.41 Å². The number of hydrogen-bond donors (Lipinski definition) is 1. The van der Waals surface area contributed by atoms with Gasteiger partial charge in [0, 0.05) is 38.6 Å². The van der Waals surface area contributed by atoms with E-state index >= 15 is 0 Å². The lowest BCUT2D eigenvalue weighted by Gasteiger charge is -2.38. The van der Waals surface area contributed by atoms with E-state index in [0.29, 0.717) is 37.9 Å². The quantitative estimate of drug-likeness (QED) is 0.805. The number of nitrogens with one attached hydrogen (secondary N) is 1. The fourth-order valence-electron chi connectivity index (χ4n) is 2.86. The van der Waals surface area contributed by atoms with Crippen LogP contribution >= 0.6 is 0 Å². The molecule has 0 aliphatic carbocycles. The van der Waals surface area contributed by atoms with Crippen LogP contribution in [0.4, 0.5) is 5.95 Å². The first-order valence-electron chi connectivity index (χ1n) is 8.60. The minimum absolute atomic E-state index is 0.178. The molecule has 1 aliphatic heterocycles. The fraction of sp³-hybridized carbons (Fsp3) is 0.444. The van der Waals surface area contributed by atoms with E-state index in [1.807, 2.05) is 4.90 Å². The van der Waals surface area contributed by atoms with E-state index in [1.54, 1.807) is 55.6 Å². The SMILES string of the molecule is CC(C)(C(=O)NCc1ccco1)C(=O)N1CCN(c2ncccn2)CC1. The third kappa shape index (κ3) is 3.84. The number of carbonyl (C=O) groups is 2. The molecule has 138 valence electrons. The second-order valence-corrected chi connectivity index (χ2v) is 6.72. The summed E-state index contributed by atoms with van der Waals surface area (Å²) in [6.45, 7) is 5.91. The standard InChI is InChI=1S/C18H23N5O3/c1-18(2,15(24)21-13-14-5-3-12-26-14)16(25)22-8-10-23(11-9-22)17-19-6-4-7-20-17/h3-7,12H,8-11,13H2,1-2H3,(H,21,24). The molecule has 8 nitrogen and oxygen atoms in total. The molecule has 0 spiro atoms. The van der Waals surface area contributed by atoms with Gasteiger partial charge in [0.25, 0.3) is 0 Å². The summed E-state index contributed by atoms with van der Waals surface area (Å²) < 4.78 is 5.20. The van der Waals surface area contributed by atoms with E-state index in [0.717, 1.165) is 0 Å². The Kier molecular flexibility index (Phi) is 5.20. The van der Waals surface area contributed by atoms with E-state index in [-0.39, 0.29) is 18.4 Å². The van der Waals surface area contributed by atoms with Gasteiger partial charge in [-0.1, -0.05) is 0 Å². The zero-order valence-electron chi connectivity index (χ0n) is 15.0. The lowest BCUT2D eigenvalue weighted by atomic mass is 9.90. The highest BCUT2D eigenvalue weighted by Gasteiger charge is 2.40. The summed E-state index contributed by atoms with van der Waals surface area (Å²) in [4.78, 5) is 37.6.